The lowest BCUT2D eigenvalue weighted by Gasteiger charge is -2.15. The van der Waals surface area contributed by atoms with Gasteiger partial charge in [-0.3, -0.25) is 9.59 Å². The number of Topliss-reactive ketones (excluding diaryl/α,β-unsaturated/α-hetero) is 1. The number of likely N-dealkylation sites (tertiary alicyclic amines) is 1. The van der Waals surface area contributed by atoms with Gasteiger partial charge in [0.1, 0.15) is 0 Å². The topological polar surface area (TPSA) is 63.4 Å². The molecule has 1 atom stereocenters. The molecular weight excluding hydrogens is 300 g/mol. The van der Waals surface area contributed by atoms with Crippen LogP contribution >= 0.6 is 12.4 Å². The highest BCUT2D eigenvalue weighted by Gasteiger charge is 2.24. The number of rotatable bonds is 4. The number of amides is 1. The molecule has 120 valence electrons. The Bertz CT molecular complexity index is 574. The van der Waals surface area contributed by atoms with Crippen molar-refractivity contribution in [3.63, 3.8) is 0 Å². The summed E-state index contributed by atoms with van der Waals surface area (Å²) in [5.74, 6) is 0.124. The van der Waals surface area contributed by atoms with E-state index in [0.29, 0.717) is 19.4 Å². The molecule has 0 saturated carbocycles. The molecule has 1 fully saturated rings. The molecule has 1 saturated heterocycles. The second kappa shape index (κ2) is 7.25. The summed E-state index contributed by atoms with van der Waals surface area (Å²) in [5, 5.41) is 0. The summed E-state index contributed by atoms with van der Waals surface area (Å²) in [6.07, 6.45) is 4.83. The molecule has 1 aromatic rings. The molecule has 22 heavy (non-hydrogen) atoms. The van der Waals surface area contributed by atoms with Crippen LogP contribution in [0.4, 0.5) is 0 Å². The molecular formula is C17H23ClN2O2. The fourth-order valence-electron chi connectivity index (χ4n) is 3.28. The SMILES string of the molecule is Cl.N[C@@H]1CCN(C(=O)CCC(=O)c2ccc3c(c2)CCC3)C1. The van der Waals surface area contributed by atoms with Crippen LogP contribution in [-0.4, -0.2) is 35.7 Å². The van der Waals surface area contributed by atoms with Gasteiger partial charge in [0, 0.05) is 37.5 Å². The highest BCUT2D eigenvalue weighted by atomic mass is 35.5. The third kappa shape index (κ3) is 3.68. The van der Waals surface area contributed by atoms with E-state index in [9.17, 15) is 9.59 Å². The first kappa shape index (κ1) is 17.0. The molecule has 4 nitrogen and oxygen atoms in total. The van der Waals surface area contributed by atoms with Crippen LogP contribution in [-0.2, 0) is 17.6 Å². The lowest BCUT2D eigenvalue weighted by atomic mass is 10.0. The maximum absolute atomic E-state index is 12.2. The van der Waals surface area contributed by atoms with Crippen LogP contribution < -0.4 is 5.73 Å². The molecule has 3 rings (SSSR count). The van der Waals surface area contributed by atoms with Gasteiger partial charge in [0.15, 0.2) is 5.78 Å². The van der Waals surface area contributed by atoms with E-state index in [-0.39, 0.29) is 30.1 Å². The molecule has 2 N–H and O–H groups in total. The van der Waals surface area contributed by atoms with Crippen molar-refractivity contribution >= 4 is 24.1 Å². The van der Waals surface area contributed by atoms with Gasteiger partial charge in [0.05, 0.1) is 0 Å². The molecule has 0 unspecified atom stereocenters. The van der Waals surface area contributed by atoms with Gasteiger partial charge in [-0.1, -0.05) is 12.1 Å². The molecule has 1 aliphatic carbocycles. The zero-order valence-corrected chi connectivity index (χ0v) is 13.5. The number of aryl methyl sites for hydroxylation is 2. The molecule has 2 aliphatic rings. The first-order chi connectivity index (χ1) is 10.1. The molecule has 0 aromatic heterocycles. The Morgan fingerprint density at radius 2 is 1.95 bits per heavy atom. The molecule has 1 amide bonds. The van der Waals surface area contributed by atoms with Gasteiger partial charge in [0.2, 0.25) is 5.91 Å². The standard InChI is InChI=1S/C17H22N2O2.ClH/c18-15-8-9-19(11-15)17(21)7-6-16(20)14-5-4-12-2-1-3-13(12)10-14;/h4-5,10,15H,1-3,6-9,11,18H2;1H/t15-;/m1./s1. The van der Waals surface area contributed by atoms with Crippen molar-refractivity contribution in [2.45, 2.75) is 44.6 Å². The van der Waals surface area contributed by atoms with E-state index in [0.717, 1.165) is 31.4 Å². The van der Waals surface area contributed by atoms with Crippen LogP contribution in [0.5, 0.6) is 0 Å². The zero-order chi connectivity index (χ0) is 14.8. The average molecular weight is 323 g/mol. The molecule has 0 bridgehead atoms. The summed E-state index contributed by atoms with van der Waals surface area (Å²) in [5.41, 5.74) is 9.23. The van der Waals surface area contributed by atoms with Crippen molar-refractivity contribution in [1.82, 2.24) is 4.90 Å². The van der Waals surface area contributed by atoms with E-state index in [1.54, 1.807) is 4.90 Å². The first-order valence-electron chi connectivity index (χ1n) is 7.82. The van der Waals surface area contributed by atoms with Crippen LogP contribution in [0.3, 0.4) is 0 Å². The third-order valence-corrected chi connectivity index (χ3v) is 4.56. The lowest BCUT2D eigenvalue weighted by Crippen LogP contribution is -2.32. The van der Waals surface area contributed by atoms with Gasteiger partial charge in [-0.25, -0.2) is 0 Å². The van der Waals surface area contributed by atoms with E-state index >= 15 is 0 Å². The number of hydrogen-bond acceptors (Lipinski definition) is 3. The van der Waals surface area contributed by atoms with Crippen molar-refractivity contribution in [2.75, 3.05) is 13.1 Å². The first-order valence-corrected chi connectivity index (χ1v) is 7.82. The quantitative estimate of drug-likeness (QED) is 0.864. The number of benzene rings is 1. The number of nitrogens with two attached hydrogens (primary N) is 1. The fourth-order valence-corrected chi connectivity index (χ4v) is 3.28. The number of ketones is 1. The van der Waals surface area contributed by atoms with E-state index in [1.807, 2.05) is 12.1 Å². The summed E-state index contributed by atoms with van der Waals surface area (Å²) in [6, 6.07) is 6.09. The second-order valence-electron chi connectivity index (χ2n) is 6.15. The number of hydrogen-bond donors (Lipinski definition) is 1. The molecule has 1 aliphatic heterocycles. The summed E-state index contributed by atoms with van der Waals surface area (Å²) in [4.78, 5) is 26.0. The van der Waals surface area contributed by atoms with E-state index in [2.05, 4.69) is 6.07 Å². The molecule has 1 heterocycles. The largest absolute Gasteiger partial charge is 0.341 e. The monoisotopic (exact) mass is 322 g/mol. The summed E-state index contributed by atoms with van der Waals surface area (Å²) in [7, 11) is 0. The van der Waals surface area contributed by atoms with Crippen molar-refractivity contribution in [3.05, 3.63) is 34.9 Å². The average Bonchev–Trinajstić information content (AvgIpc) is 3.12. The minimum absolute atomic E-state index is 0. The lowest BCUT2D eigenvalue weighted by molar-refractivity contribution is -0.130. The van der Waals surface area contributed by atoms with Crippen LogP contribution in [0.1, 0.15) is 47.2 Å². The van der Waals surface area contributed by atoms with Gasteiger partial charge in [-0.2, -0.15) is 0 Å². The van der Waals surface area contributed by atoms with Crippen LogP contribution in [0, 0.1) is 0 Å². The summed E-state index contributed by atoms with van der Waals surface area (Å²) >= 11 is 0. The zero-order valence-electron chi connectivity index (χ0n) is 12.7. The number of carbonyl (C=O) groups excluding carboxylic acids is 2. The van der Waals surface area contributed by atoms with Gasteiger partial charge in [-0.15, -0.1) is 12.4 Å². The predicted octanol–water partition coefficient (Wildman–Crippen LogP) is 2.12. The Kier molecular flexibility index (Phi) is 5.59. The van der Waals surface area contributed by atoms with Crippen molar-refractivity contribution < 1.29 is 9.59 Å². The summed E-state index contributed by atoms with van der Waals surface area (Å²) < 4.78 is 0. The third-order valence-electron chi connectivity index (χ3n) is 4.56. The number of halogens is 1. The van der Waals surface area contributed by atoms with Gasteiger partial charge < -0.3 is 10.6 Å². The Labute approximate surface area is 137 Å². The number of fused-ring (bicyclic) bond motifs is 1. The second-order valence-corrected chi connectivity index (χ2v) is 6.15. The normalized spacial score (nSPS) is 19.7. The Morgan fingerprint density at radius 3 is 2.68 bits per heavy atom. The fraction of sp³-hybridized carbons (Fsp3) is 0.529. The molecule has 1 aromatic carbocycles. The van der Waals surface area contributed by atoms with E-state index in [1.165, 1.54) is 17.5 Å². The van der Waals surface area contributed by atoms with Crippen LogP contribution in [0.2, 0.25) is 0 Å². The van der Waals surface area contributed by atoms with Crippen LogP contribution in [0.25, 0.3) is 0 Å². The van der Waals surface area contributed by atoms with Gasteiger partial charge in [0.25, 0.3) is 0 Å². The minimum atomic E-state index is 0. The van der Waals surface area contributed by atoms with Crippen molar-refractivity contribution in [3.8, 4) is 0 Å². The Hall–Kier alpha value is -1.39. The highest BCUT2D eigenvalue weighted by Crippen LogP contribution is 2.23. The van der Waals surface area contributed by atoms with Crippen molar-refractivity contribution in [2.24, 2.45) is 5.73 Å². The van der Waals surface area contributed by atoms with E-state index < -0.39 is 0 Å². The highest BCUT2D eigenvalue weighted by molar-refractivity contribution is 5.98. The maximum Gasteiger partial charge on any atom is 0.223 e. The summed E-state index contributed by atoms with van der Waals surface area (Å²) in [6.45, 7) is 1.36. The number of nitrogens with zero attached hydrogens (tertiary/aromatic N) is 1. The van der Waals surface area contributed by atoms with Crippen molar-refractivity contribution in [1.29, 1.82) is 0 Å². The van der Waals surface area contributed by atoms with Crippen LogP contribution in [0.15, 0.2) is 18.2 Å². The minimum Gasteiger partial charge on any atom is -0.341 e. The van der Waals surface area contributed by atoms with E-state index in [4.69, 9.17) is 5.73 Å². The Balaban J connectivity index is 0.00000176. The smallest absolute Gasteiger partial charge is 0.223 e. The molecule has 0 radical (unpaired) electrons. The Morgan fingerprint density at radius 1 is 1.18 bits per heavy atom. The molecule has 5 heteroatoms. The number of carbonyl (C=O) groups is 2. The molecule has 0 spiro atoms. The predicted molar refractivity (Wildman–Crippen MR) is 88.5 cm³/mol. The van der Waals surface area contributed by atoms with Gasteiger partial charge >= 0.3 is 0 Å². The van der Waals surface area contributed by atoms with Gasteiger partial charge in [-0.05, 0) is 42.9 Å². The maximum atomic E-state index is 12.2.